The Hall–Kier alpha value is -2.24. The van der Waals surface area contributed by atoms with Crippen LogP contribution in [0.15, 0.2) is 18.5 Å². The number of carbonyl (C=O) groups excluding carboxylic acids is 1. The molecular weight excluding hydrogens is 254 g/mol. The van der Waals surface area contributed by atoms with Gasteiger partial charge in [-0.3, -0.25) is 4.79 Å². The maximum absolute atomic E-state index is 12.2. The van der Waals surface area contributed by atoms with Crippen LogP contribution < -0.4 is 5.32 Å². The maximum Gasteiger partial charge on any atom is 0.259 e. The van der Waals surface area contributed by atoms with Gasteiger partial charge in [-0.2, -0.15) is 5.10 Å². The summed E-state index contributed by atoms with van der Waals surface area (Å²) in [4.78, 5) is 20.7. The van der Waals surface area contributed by atoms with Gasteiger partial charge in [0.25, 0.3) is 5.91 Å². The predicted octanol–water partition coefficient (Wildman–Crippen LogP) is 2.13. The zero-order valence-electron chi connectivity index (χ0n) is 11.6. The first kappa shape index (κ1) is 12.8. The molecule has 2 heterocycles. The largest absolute Gasteiger partial charge is 0.307 e. The molecule has 2 aromatic rings. The van der Waals surface area contributed by atoms with Crippen LogP contribution in [-0.4, -0.2) is 25.7 Å². The summed E-state index contributed by atoms with van der Waals surface area (Å²) in [6.45, 7) is 4.59. The minimum atomic E-state index is -0.207. The van der Waals surface area contributed by atoms with E-state index >= 15 is 0 Å². The number of carbonyl (C=O) groups is 1. The Balaban J connectivity index is 1.74. The van der Waals surface area contributed by atoms with Crippen LogP contribution in [-0.2, 0) is 6.54 Å². The van der Waals surface area contributed by atoms with Gasteiger partial charge in [-0.05, 0) is 26.7 Å². The van der Waals surface area contributed by atoms with Gasteiger partial charge in [0.1, 0.15) is 11.6 Å². The lowest BCUT2D eigenvalue weighted by Gasteiger charge is -2.06. The first-order valence-electron chi connectivity index (χ1n) is 6.85. The molecule has 0 spiro atoms. The molecule has 6 nitrogen and oxygen atoms in total. The van der Waals surface area contributed by atoms with Crippen molar-refractivity contribution in [3.63, 3.8) is 0 Å². The summed E-state index contributed by atoms with van der Waals surface area (Å²) in [5, 5.41) is 7.14. The number of amides is 1. The van der Waals surface area contributed by atoms with E-state index in [0.717, 1.165) is 24.4 Å². The van der Waals surface area contributed by atoms with Gasteiger partial charge in [0.15, 0.2) is 0 Å². The number of aromatic nitrogens is 4. The Bertz CT molecular complexity index is 628. The molecule has 0 radical (unpaired) electrons. The van der Waals surface area contributed by atoms with Gasteiger partial charge in [0, 0.05) is 30.9 Å². The number of hydrogen-bond acceptors (Lipinski definition) is 4. The normalized spacial score (nSPS) is 14.3. The Morgan fingerprint density at radius 1 is 1.40 bits per heavy atom. The van der Waals surface area contributed by atoms with Crippen LogP contribution in [0.5, 0.6) is 0 Å². The van der Waals surface area contributed by atoms with Gasteiger partial charge in [-0.15, -0.1) is 0 Å². The zero-order chi connectivity index (χ0) is 14.1. The molecule has 1 fully saturated rings. The highest BCUT2D eigenvalue weighted by molar-refractivity contribution is 6.03. The second-order valence-corrected chi connectivity index (χ2v) is 5.05. The van der Waals surface area contributed by atoms with Crippen molar-refractivity contribution in [1.29, 1.82) is 0 Å². The van der Waals surface area contributed by atoms with Crippen molar-refractivity contribution in [1.82, 2.24) is 19.7 Å². The highest BCUT2D eigenvalue weighted by Gasteiger charge is 2.26. The SMILES string of the molecule is CCn1nc(C)cc1NC(=O)c1cnc(C2CC2)nc1. The van der Waals surface area contributed by atoms with Crippen LogP contribution in [0.3, 0.4) is 0 Å². The van der Waals surface area contributed by atoms with Gasteiger partial charge in [0.05, 0.1) is 11.3 Å². The Labute approximate surface area is 117 Å². The second-order valence-electron chi connectivity index (χ2n) is 5.05. The van der Waals surface area contributed by atoms with E-state index in [9.17, 15) is 4.79 Å². The Morgan fingerprint density at radius 2 is 2.10 bits per heavy atom. The van der Waals surface area contributed by atoms with Gasteiger partial charge < -0.3 is 5.32 Å². The van der Waals surface area contributed by atoms with E-state index in [2.05, 4.69) is 20.4 Å². The number of anilines is 1. The lowest BCUT2D eigenvalue weighted by molar-refractivity contribution is 0.102. The van der Waals surface area contributed by atoms with Crippen molar-refractivity contribution in [2.75, 3.05) is 5.32 Å². The molecule has 0 atom stereocenters. The van der Waals surface area contributed by atoms with E-state index in [-0.39, 0.29) is 5.91 Å². The minimum Gasteiger partial charge on any atom is -0.307 e. The summed E-state index contributed by atoms with van der Waals surface area (Å²) in [5.41, 5.74) is 1.35. The van der Waals surface area contributed by atoms with Crippen LogP contribution >= 0.6 is 0 Å². The third-order valence-electron chi connectivity index (χ3n) is 3.32. The standard InChI is InChI=1S/C14H17N5O/c1-3-19-12(6-9(2)18-19)17-14(20)11-7-15-13(16-8-11)10-4-5-10/h6-8,10H,3-5H2,1-2H3,(H,17,20). The lowest BCUT2D eigenvalue weighted by atomic mass is 10.3. The summed E-state index contributed by atoms with van der Waals surface area (Å²) in [6.07, 6.45) is 5.49. The maximum atomic E-state index is 12.2. The molecule has 104 valence electrons. The van der Waals surface area contributed by atoms with Crippen LogP contribution in [0, 0.1) is 6.92 Å². The highest BCUT2D eigenvalue weighted by Crippen LogP contribution is 2.37. The molecule has 0 saturated heterocycles. The Morgan fingerprint density at radius 3 is 2.70 bits per heavy atom. The first-order valence-corrected chi connectivity index (χ1v) is 6.85. The number of hydrogen-bond donors (Lipinski definition) is 1. The molecule has 1 aliphatic rings. The zero-order valence-corrected chi connectivity index (χ0v) is 11.6. The fourth-order valence-corrected chi connectivity index (χ4v) is 2.08. The third kappa shape index (κ3) is 2.54. The minimum absolute atomic E-state index is 0.207. The number of nitrogens with zero attached hydrogens (tertiary/aromatic N) is 4. The number of rotatable bonds is 4. The molecule has 0 unspecified atom stereocenters. The second kappa shape index (κ2) is 5.03. The molecule has 6 heteroatoms. The molecule has 0 aromatic carbocycles. The van der Waals surface area contributed by atoms with Crippen molar-refractivity contribution >= 4 is 11.7 Å². The smallest absolute Gasteiger partial charge is 0.259 e. The molecule has 1 amide bonds. The summed E-state index contributed by atoms with van der Waals surface area (Å²) in [7, 11) is 0. The van der Waals surface area contributed by atoms with E-state index in [1.165, 1.54) is 0 Å². The van der Waals surface area contributed by atoms with Crippen LogP contribution in [0.1, 0.15) is 47.6 Å². The molecule has 0 aliphatic heterocycles. The topological polar surface area (TPSA) is 72.7 Å². The average molecular weight is 271 g/mol. The molecule has 1 aliphatic carbocycles. The summed E-state index contributed by atoms with van der Waals surface area (Å²) in [5.74, 6) is 1.83. The van der Waals surface area contributed by atoms with Crippen LogP contribution in [0.2, 0.25) is 0 Å². The quantitative estimate of drug-likeness (QED) is 0.924. The molecule has 0 bridgehead atoms. The Kier molecular flexibility index (Phi) is 3.22. The number of aryl methyl sites for hydroxylation is 2. The van der Waals surface area contributed by atoms with Gasteiger partial charge in [0.2, 0.25) is 0 Å². The average Bonchev–Trinajstić information content (AvgIpc) is 3.23. The third-order valence-corrected chi connectivity index (χ3v) is 3.32. The van der Waals surface area contributed by atoms with E-state index in [1.807, 2.05) is 19.9 Å². The van der Waals surface area contributed by atoms with E-state index in [1.54, 1.807) is 17.1 Å². The fraction of sp³-hybridized carbons (Fsp3) is 0.429. The van der Waals surface area contributed by atoms with Gasteiger partial charge in [-0.1, -0.05) is 0 Å². The van der Waals surface area contributed by atoms with Crippen molar-refractivity contribution in [2.24, 2.45) is 0 Å². The lowest BCUT2D eigenvalue weighted by Crippen LogP contribution is -2.16. The van der Waals surface area contributed by atoms with Crippen LogP contribution in [0.4, 0.5) is 5.82 Å². The van der Waals surface area contributed by atoms with Crippen molar-refractivity contribution in [2.45, 2.75) is 39.2 Å². The molecule has 2 aromatic heterocycles. The molecule has 3 rings (SSSR count). The van der Waals surface area contributed by atoms with E-state index in [0.29, 0.717) is 23.8 Å². The summed E-state index contributed by atoms with van der Waals surface area (Å²) >= 11 is 0. The van der Waals surface area contributed by atoms with E-state index in [4.69, 9.17) is 0 Å². The molecular formula is C14H17N5O. The van der Waals surface area contributed by atoms with Gasteiger partial charge >= 0.3 is 0 Å². The van der Waals surface area contributed by atoms with Gasteiger partial charge in [-0.25, -0.2) is 14.6 Å². The van der Waals surface area contributed by atoms with Crippen molar-refractivity contribution in [3.8, 4) is 0 Å². The van der Waals surface area contributed by atoms with Crippen molar-refractivity contribution in [3.05, 3.63) is 35.5 Å². The molecule has 1 N–H and O–H groups in total. The fourth-order valence-electron chi connectivity index (χ4n) is 2.08. The molecule has 1 saturated carbocycles. The summed E-state index contributed by atoms with van der Waals surface area (Å²) in [6, 6.07) is 1.85. The van der Waals surface area contributed by atoms with E-state index < -0.39 is 0 Å². The monoisotopic (exact) mass is 271 g/mol. The first-order chi connectivity index (χ1) is 9.67. The molecule has 20 heavy (non-hydrogen) atoms. The van der Waals surface area contributed by atoms with Crippen LogP contribution in [0.25, 0.3) is 0 Å². The highest BCUT2D eigenvalue weighted by atomic mass is 16.1. The predicted molar refractivity (Wildman–Crippen MR) is 74.6 cm³/mol. The summed E-state index contributed by atoms with van der Waals surface area (Å²) < 4.78 is 1.76. The van der Waals surface area contributed by atoms with Crippen molar-refractivity contribution < 1.29 is 4.79 Å². The number of nitrogens with one attached hydrogen (secondary N) is 1.